The summed E-state index contributed by atoms with van der Waals surface area (Å²) >= 11 is 0. The Labute approximate surface area is 117 Å². The summed E-state index contributed by atoms with van der Waals surface area (Å²) in [5.41, 5.74) is 9.12. The molecule has 3 nitrogen and oxygen atoms in total. The number of rotatable bonds is 5. The number of likely N-dealkylation sites (N-methyl/N-ethyl adjacent to an activating group) is 1. The maximum Gasteiger partial charge on any atom is 0.0462 e. The van der Waals surface area contributed by atoms with Crippen molar-refractivity contribution in [1.29, 1.82) is 0 Å². The lowest BCUT2D eigenvalue weighted by Gasteiger charge is -2.29. The molecule has 1 aliphatic rings. The normalized spacial score (nSPS) is 20.9. The SMILES string of the molecule is CC(C)CC(CN(C)C)n1ccc2c1CCCC2N. The number of nitrogens with zero attached hydrogens (tertiary/aromatic N) is 2. The molecule has 0 saturated carbocycles. The van der Waals surface area contributed by atoms with Crippen LogP contribution in [0.3, 0.4) is 0 Å². The Hall–Kier alpha value is -0.800. The number of nitrogens with two attached hydrogens (primary N) is 1. The van der Waals surface area contributed by atoms with Gasteiger partial charge in [0.05, 0.1) is 0 Å². The van der Waals surface area contributed by atoms with Crippen LogP contribution in [0.1, 0.15) is 56.5 Å². The lowest BCUT2D eigenvalue weighted by Crippen LogP contribution is -2.27. The van der Waals surface area contributed by atoms with Crippen LogP contribution in [0.15, 0.2) is 12.3 Å². The van der Waals surface area contributed by atoms with Gasteiger partial charge in [-0.3, -0.25) is 0 Å². The highest BCUT2D eigenvalue weighted by molar-refractivity contribution is 5.29. The average Bonchev–Trinajstić information content (AvgIpc) is 2.72. The molecule has 0 bridgehead atoms. The Morgan fingerprint density at radius 3 is 2.79 bits per heavy atom. The molecule has 2 atom stereocenters. The van der Waals surface area contributed by atoms with E-state index in [-0.39, 0.29) is 6.04 Å². The van der Waals surface area contributed by atoms with Crippen molar-refractivity contribution in [1.82, 2.24) is 9.47 Å². The van der Waals surface area contributed by atoms with E-state index in [2.05, 4.69) is 49.7 Å². The molecule has 19 heavy (non-hydrogen) atoms. The van der Waals surface area contributed by atoms with Gasteiger partial charge < -0.3 is 15.2 Å². The minimum absolute atomic E-state index is 0.254. The Kier molecular flexibility index (Phi) is 4.69. The molecule has 2 N–H and O–H groups in total. The second-order valence-corrected chi connectivity index (χ2v) is 6.67. The van der Waals surface area contributed by atoms with Gasteiger partial charge in [0.25, 0.3) is 0 Å². The van der Waals surface area contributed by atoms with Crippen molar-refractivity contribution in [2.45, 2.75) is 51.6 Å². The zero-order chi connectivity index (χ0) is 14.0. The van der Waals surface area contributed by atoms with Gasteiger partial charge in [-0.2, -0.15) is 0 Å². The summed E-state index contributed by atoms with van der Waals surface area (Å²) in [5, 5.41) is 0. The van der Waals surface area contributed by atoms with Crippen molar-refractivity contribution < 1.29 is 0 Å². The van der Waals surface area contributed by atoms with Gasteiger partial charge in [0.15, 0.2) is 0 Å². The molecule has 0 fully saturated rings. The van der Waals surface area contributed by atoms with Gasteiger partial charge in [0, 0.05) is 30.5 Å². The Bertz CT molecular complexity index is 396. The van der Waals surface area contributed by atoms with Crippen molar-refractivity contribution in [2.75, 3.05) is 20.6 Å². The van der Waals surface area contributed by atoms with Gasteiger partial charge in [0.1, 0.15) is 0 Å². The second-order valence-electron chi connectivity index (χ2n) is 6.67. The standard InChI is InChI=1S/C16H29N3/c1-12(2)10-13(11-18(3)4)19-9-8-14-15(17)6-5-7-16(14)19/h8-9,12-13,15H,5-7,10-11,17H2,1-4H3. The summed E-state index contributed by atoms with van der Waals surface area (Å²) in [6, 6.07) is 3.08. The van der Waals surface area contributed by atoms with E-state index >= 15 is 0 Å². The summed E-state index contributed by atoms with van der Waals surface area (Å²) < 4.78 is 2.51. The van der Waals surface area contributed by atoms with Crippen LogP contribution >= 0.6 is 0 Å². The third kappa shape index (κ3) is 3.40. The minimum atomic E-state index is 0.254. The predicted octanol–water partition coefficient (Wildman–Crippen LogP) is 2.97. The summed E-state index contributed by atoms with van der Waals surface area (Å²) in [7, 11) is 4.32. The van der Waals surface area contributed by atoms with Crippen molar-refractivity contribution >= 4 is 0 Å². The Morgan fingerprint density at radius 1 is 1.42 bits per heavy atom. The van der Waals surface area contributed by atoms with Crippen LogP contribution in [0.4, 0.5) is 0 Å². The molecular formula is C16H29N3. The largest absolute Gasteiger partial charge is 0.347 e. The third-order valence-electron chi connectivity index (χ3n) is 4.10. The van der Waals surface area contributed by atoms with E-state index in [1.807, 2.05) is 0 Å². The molecule has 3 heteroatoms. The average molecular weight is 263 g/mol. The van der Waals surface area contributed by atoms with Crippen LogP contribution < -0.4 is 5.73 Å². The lowest BCUT2D eigenvalue weighted by atomic mass is 9.93. The molecule has 0 aromatic carbocycles. The van der Waals surface area contributed by atoms with Gasteiger partial charge in [0.2, 0.25) is 0 Å². The van der Waals surface area contributed by atoms with E-state index in [1.54, 1.807) is 0 Å². The first kappa shape index (κ1) is 14.6. The molecule has 1 aromatic heterocycles. The highest BCUT2D eigenvalue weighted by atomic mass is 15.1. The van der Waals surface area contributed by atoms with Crippen molar-refractivity contribution in [3.8, 4) is 0 Å². The molecular weight excluding hydrogens is 234 g/mol. The fraction of sp³-hybridized carbons (Fsp3) is 0.750. The number of hydrogen-bond acceptors (Lipinski definition) is 2. The zero-order valence-corrected chi connectivity index (χ0v) is 12.9. The van der Waals surface area contributed by atoms with Gasteiger partial charge in [-0.25, -0.2) is 0 Å². The smallest absolute Gasteiger partial charge is 0.0462 e. The number of fused-ring (bicyclic) bond motifs is 1. The van der Waals surface area contributed by atoms with E-state index in [1.165, 1.54) is 30.5 Å². The van der Waals surface area contributed by atoms with E-state index in [0.717, 1.165) is 18.9 Å². The summed E-state index contributed by atoms with van der Waals surface area (Å²) in [6.07, 6.45) is 7.06. The van der Waals surface area contributed by atoms with E-state index in [0.29, 0.717) is 6.04 Å². The van der Waals surface area contributed by atoms with Gasteiger partial charge in [-0.05, 0) is 57.3 Å². The topological polar surface area (TPSA) is 34.2 Å². The molecule has 1 heterocycles. The maximum atomic E-state index is 6.24. The highest BCUT2D eigenvalue weighted by Crippen LogP contribution is 2.32. The van der Waals surface area contributed by atoms with Crippen molar-refractivity contribution in [3.63, 3.8) is 0 Å². The summed E-state index contributed by atoms with van der Waals surface area (Å²) in [6.45, 7) is 5.73. The molecule has 1 aromatic rings. The van der Waals surface area contributed by atoms with Crippen LogP contribution in [-0.4, -0.2) is 30.1 Å². The van der Waals surface area contributed by atoms with Crippen LogP contribution in [0.2, 0.25) is 0 Å². The van der Waals surface area contributed by atoms with Crippen LogP contribution in [-0.2, 0) is 6.42 Å². The molecule has 2 rings (SSSR count). The fourth-order valence-corrected chi connectivity index (χ4v) is 3.34. The first-order chi connectivity index (χ1) is 8.99. The van der Waals surface area contributed by atoms with E-state index in [9.17, 15) is 0 Å². The highest BCUT2D eigenvalue weighted by Gasteiger charge is 2.24. The molecule has 0 aliphatic heterocycles. The molecule has 0 radical (unpaired) electrons. The Balaban J connectivity index is 2.26. The van der Waals surface area contributed by atoms with Crippen molar-refractivity contribution in [2.24, 2.45) is 11.7 Å². The van der Waals surface area contributed by atoms with Gasteiger partial charge in [-0.1, -0.05) is 13.8 Å². The molecule has 2 unspecified atom stereocenters. The second kappa shape index (κ2) is 6.10. The monoisotopic (exact) mass is 263 g/mol. The maximum absolute atomic E-state index is 6.24. The van der Waals surface area contributed by atoms with Crippen molar-refractivity contribution in [3.05, 3.63) is 23.5 Å². The molecule has 108 valence electrons. The molecule has 0 spiro atoms. The van der Waals surface area contributed by atoms with Crippen LogP contribution in [0.25, 0.3) is 0 Å². The Morgan fingerprint density at radius 2 is 2.16 bits per heavy atom. The minimum Gasteiger partial charge on any atom is -0.347 e. The van der Waals surface area contributed by atoms with Crippen LogP contribution in [0, 0.1) is 5.92 Å². The number of aromatic nitrogens is 1. The molecule has 0 saturated heterocycles. The quantitative estimate of drug-likeness (QED) is 0.886. The molecule has 1 aliphatic carbocycles. The van der Waals surface area contributed by atoms with E-state index in [4.69, 9.17) is 5.73 Å². The summed E-state index contributed by atoms with van der Waals surface area (Å²) in [5.74, 6) is 0.722. The van der Waals surface area contributed by atoms with Gasteiger partial charge in [-0.15, -0.1) is 0 Å². The predicted molar refractivity (Wildman–Crippen MR) is 81.3 cm³/mol. The van der Waals surface area contributed by atoms with E-state index < -0.39 is 0 Å². The fourth-order valence-electron chi connectivity index (χ4n) is 3.34. The number of hydrogen-bond donors (Lipinski definition) is 1. The lowest BCUT2D eigenvalue weighted by molar-refractivity contribution is 0.283. The summed E-state index contributed by atoms with van der Waals surface area (Å²) in [4.78, 5) is 2.29. The van der Waals surface area contributed by atoms with Gasteiger partial charge >= 0.3 is 0 Å². The first-order valence-corrected chi connectivity index (χ1v) is 7.59. The third-order valence-corrected chi connectivity index (χ3v) is 4.10. The first-order valence-electron chi connectivity index (χ1n) is 7.59. The zero-order valence-electron chi connectivity index (χ0n) is 12.9. The molecule has 0 amide bonds. The van der Waals surface area contributed by atoms with Crippen LogP contribution in [0.5, 0.6) is 0 Å².